The highest BCUT2D eigenvalue weighted by atomic mass is 32.2. The Morgan fingerprint density at radius 1 is 1.23 bits per heavy atom. The number of ether oxygens (including phenoxy) is 1. The summed E-state index contributed by atoms with van der Waals surface area (Å²) < 4.78 is 5.48. The van der Waals surface area contributed by atoms with E-state index in [1.807, 2.05) is 24.3 Å². The van der Waals surface area contributed by atoms with E-state index in [4.69, 9.17) is 4.74 Å². The monoisotopic (exact) mass is 427 g/mol. The smallest absolute Gasteiger partial charge is 0.444 e. The molecule has 1 atom stereocenters. The number of hydrogen-bond donors (Lipinski definition) is 4. The van der Waals surface area contributed by atoms with E-state index in [1.54, 1.807) is 23.1 Å². The van der Waals surface area contributed by atoms with E-state index in [1.165, 1.54) is 11.8 Å². The van der Waals surface area contributed by atoms with Crippen LogP contribution in [0, 0.1) is 0 Å². The van der Waals surface area contributed by atoms with Crippen molar-refractivity contribution in [2.24, 2.45) is 0 Å². The lowest BCUT2D eigenvalue weighted by Crippen LogP contribution is -2.30. The Balaban J connectivity index is 1.29. The van der Waals surface area contributed by atoms with Crippen molar-refractivity contribution in [2.45, 2.75) is 24.0 Å². The molecule has 2 heterocycles. The molecule has 1 unspecified atom stereocenters. The molecule has 0 spiro atoms. The first-order valence-corrected chi connectivity index (χ1v) is 10.7. The van der Waals surface area contributed by atoms with Gasteiger partial charge >= 0.3 is 13.2 Å². The molecule has 2 aliphatic heterocycles. The van der Waals surface area contributed by atoms with Crippen molar-refractivity contribution in [1.29, 1.82) is 0 Å². The van der Waals surface area contributed by atoms with Crippen LogP contribution in [0.15, 0.2) is 47.4 Å². The van der Waals surface area contributed by atoms with E-state index >= 15 is 0 Å². The average Bonchev–Trinajstić information content (AvgIpc) is 3.11. The number of anilines is 2. The number of benzene rings is 2. The first kappa shape index (κ1) is 20.7. The maximum absolute atomic E-state index is 12.3. The molecule has 2 aromatic rings. The van der Waals surface area contributed by atoms with Crippen LogP contribution in [-0.2, 0) is 16.1 Å². The molecule has 1 fully saturated rings. The van der Waals surface area contributed by atoms with Crippen LogP contribution in [0.1, 0.15) is 12.0 Å². The molecule has 30 heavy (non-hydrogen) atoms. The Bertz CT molecular complexity index is 958. The predicted octanol–water partition coefficient (Wildman–Crippen LogP) is 0.916. The van der Waals surface area contributed by atoms with E-state index in [2.05, 4.69) is 10.6 Å². The lowest BCUT2D eigenvalue weighted by Gasteiger charge is -2.20. The number of carbonyl (C=O) groups excluding carboxylic acids is 2. The fourth-order valence-electron chi connectivity index (χ4n) is 3.48. The zero-order valence-corrected chi connectivity index (χ0v) is 17.0. The Morgan fingerprint density at radius 3 is 2.93 bits per heavy atom. The average molecular weight is 427 g/mol. The van der Waals surface area contributed by atoms with Crippen molar-refractivity contribution < 1.29 is 24.4 Å². The van der Waals surface area contributed by atoms with Crippen LogP contribution in [0.25, 0.3) is 0 Å². The molecule has 0 aromatic heterocycles. The fourth-order valence-corrected chi connectivity index (χ4v) is 4.27. The third-order valence-electron chi connectivity index (χ3n) is 5.00. The van der Waals surface area contributed by atoms with Gasteiger partial charge in [0.05, 0.1) is 18.0 Å². The summed E-state index contributed by atoms with van der Waals surface area (Å²) in [6.45, 7) is 1.67. The largest absolute Gasteiger partial charge is 0.488 e. The summed E-state index contributed by atoms with van der Waals surface area (Å²) in [6.07, 6.45) is 0.0391. The summed E-state index contributed by atoms with van der Waals surface area (Å²) in [5.41, 5.74) is 2.83. The highest BCUT2D eigenvalue weighted by molar-refractivity contribution is 8.00. The summed E-state index contributed by atoms with van der Waals surface area (Å²) in [5, 5.41) is 24.6. The number of nitrogens with zero attached hydrogens (tertiary/aromatic N) is 1. The number of rotatable bonds is 7. The first-order chi connectivity index (χ1) is 14.5. The van der Waals surface area contributed by atoms with Gasteiger partial charge in [-0.2, -0.15) is 0 Å². The number of carbonyl (C=O) groups is 2. The lowest BCUT2D eigenvalue weighted by molar-refractivity contribution is -0.113. The topological polar surface area (TPSA) is 111 Å². The van der Waals surface area contributed by atoms with Gasteiger partial charge in [-0.05, 0) is 42.2 Å². The molecule has 0 aliphatic carbocycles. The number of fused-ring (bicyclic) bond motifs is 1. The molecule has 1 saturated heterocycles. The van der Waals surface area contributed by atoms with Crippen LogP contribution in [0.5, 0.6) is 0 Å². The highest BCUT2D eigenvalue weighted by Crippen LogP contribution is 2.35. The summed E-state index contributed by atoms with van der Waals surface area (Å²) >= 11 is 1.48. The Hall–Kier alpha value is -2.53. The van der Waals surface area contributed by atoms with Gasteiger partial charge < -0.3 is 25.4 Å². The molecule has 8 nitrogen and oxygen atoms in total. The summed E-state index contributed by atoms with van der Waals surface area (Å²) in [4.78, 5) is 26.5. The number of hydrogen-bond acceptors (Lipinski definition) is 7. The normalized spacial score (nSPS) is 18.1. The standard InChI is InChI=1S/C20H22BN3O5S/c25-19-12-30-18-5-4-15(9-17(18)23-19)24-11-16(29-20(24)26)6-7-22-10-13-2-1-3-14(8-13)21(27)28/h1-5,8-9,16,22,27-28H,6-7,10-12H2,(H,23,25). The van der Waals surface area contributed by atoms with Crippen molar-refractivity contribution >= 4 is 47.7 Å². The molecule has 2 aromatic carbocycles. The number of thioether (sulfide) groups is 1. The molecule has 156 valence electrons. The van der Waals surface area contributed by atoms with Crippen molar-refractivity contribution in [2.75, 3.05) is 29.1 Å². The number of nitrogens with one attached hydrogen (secondary N) is 2. The molecule has 0 bridgehead atoms. The second kappa shape index (κ2) is 9.09. The van der Waals surface area contributed by atoms with Gasteiger partial charge in [0, 0.05) is 17.1 Å². The zero-order chi connectivity index (χ0) is 21.1. The van der Waals surface area contributed by atoms with Gasteiger partial charge in [0.15, 0.2) is 0 Å². The van der Waals surface area contributed by atoms with Crippen LogP contribution in [0.2, 0.25) is 0 Å². The van der Waals surface area contributed by atoms with Gasteiger partial charge in [0.25, 0.3) is 0 Å². The van der Waals surface area contributed by atoms with Crippen molar-refractivity contribution in [3.05, 3.63) is 48.0 Å². The molecule has 2 amide bonds. The quantitative estimate of drug-likeness (QED) is 0.384. The molecule has 0 saturated carbocycles. The number of cyclic esters (lactones) is 1. The van der Waals surface area contributed by atoms with Crippen molar-refractivity contribution in [3.63, 3.8) is 0 Å². The van der Waals surface area contributed by atoms with Crippen LogP contribution in [0.3, 0.4) is 0 Å². The molecular weight excluding hydrogens is 405 g/mol. The molecule has 4 N–H and O–H groups in total. The van der Waals surface area contributed by atoms with E-state index in [0.29, 0.717) is 43.0 Å². The van der Waals surface area contributed by atoms with Gasteiger partial charge in [0.2, 0.25) is 5.91 Å². The first-order valence-electron chi connectivity index (χ1n) is 9.70. The van der Waals surface area contributed by atoms with Gasteiger partial charge in [-0.3, -0.25) is 9.69 Å². The maximum Gasteiger partial charge on any atom is 0.488 e. The Kier molecular flexibility index (Phi) is 6.28. The van der Waals surface area contributed by atoms with E-state index in [0.717, 1.165) is 16.1 Å². The minimum Gasteiger partial charge on any atom is -0.444 e. The SMILES string of the molecule is O=C1CSc2ccc(N3CC(CCNCc4cccc(B(O)O)c4)OC3=O)cc2N1. The third kappa shape index (κ3) is 4.78. The minimum absolute atomic E-state index is 0.0448. The zero-order valence-electron chi connectivity index (χ0n) is 16.2. The molecule has 2 aliphatic rings. The highest BCUT2D eigenvalue weighted by Gasteiger charge is 2.32. The molecule has 10 heteroatoms. The van der Waals surface area contributed by atoms with E-state index < -0.39 is 7.12 Å². The summed E-state index contributed by atoms with van der Waals surface area (Å²) in [6, 6.07) is 12.7. The second-order valence-corrected chi connectivity index (χ2v) is 8.24. The van der Waals surface area contributed by atoms with Gasteiger partial charge in [-0.15, -0.1) is 11.8 Å². The van der Waals surface area contributed by atoms with E-state index in [9.17, 15) is 19.6 Å². The summed E-state index contributed by atoms with van der Waals surface area (Å²) in [5.74, 6) is 0.356. The predicted molar refractivity (Wildman–Crippen MR) is 116 cm³/mol. The molecule has 4 rings (SSSR count). The van der Waals surface area contributed by atoms with Gasteiger partial charge in [0.1, 0.15) is 6.10 Å². The van der Waals surface area contributed by atoms with Crippen molar-refractivity contribution in [3.8, 4) is 0 Å². The third-order valence-corrected chi connectivity index (χ3v) is 6.08. The second-order valence-electron chi connectivity index (χ2n) is 7.22. The lowest BCUT2D eigenvalue weighted by atomic mass is 9.80. The van der Waals surface area contributed by atoms with Gasteiger partial charge in [-0.1, -0.05) is 24.3 Å². The van der Waals surface area contributed by atoms with Crippen LogP contribution in [-0.4, -0.2) is 54.1 Å². The Morgan fingerprint density at radius 2 is 2.10 bits per heavy atom. The van der Waals surface area contributed by atoms with E-state index in [-0.39, 0.29) is 18.1 Å². The number of amides is 2. The van der Waals surface area contributed by atoms with Crippen molar-refractivity contribution in [1.82, 2.24) is 5.32 Å². The minimum atomic E-state index is -1.48. The van der Waals surface area contributed by atoms with Crippen LogP contribution in [0.4, 0.5) is 16.2 Å². The van der Waals surface area contributed by atoms with Crippen LogP contribution < -0.4 is 21.0 Å². The maximum atomic E-state index is 12.3. The van der Waals surface area contributed by atoms with Gasteiger partial charge in [-0.25, -0.2) is 4.79 Å². The van der Waals surface area contributed by atoms with Crippen LogP contribution >= 0.6 is 11.8 Å². The molecular formula is C20H22BN3O5S. The summed E-state index contributed by atoms with van der Waals surface area (Å²) in [7, 11) is -1.48. The fraction of sp³-hybridized carbons (Fsp3) is 0.300. The Labute approximate surface area is 178 Å². The molecule has 0 radical (unpaired) electrons.